The fraction of sp³-hybridized carbons (Fsp3) is 1.00. The van der Waals surface area contributed by atoms with Gasteiger partial charge in [-0.2, -0.15) is 0 Å². The molecule has 0 heterocycles. The lowest BCUT2D eigenvalue weighted by atomic mass is 9.62. The Morgan fingerprint density at radius 1 is 0.615 bits per heavy atom. The van der Waals surface area contributed by atoms with Gasteiger partial charge in [-0.05, 0) is 68.1 Å². The van der Waals surface area contributed by atoms with E-state index in [0.717, 1.165) is 23.2 Å². The van der Waals surface area contributed by atoms with Gasteiger partial charge in [0.05, 0.1) is 0 Å². The Morgan fingerprint density at radius 2 is 1.19 bits per heavy atom. The quantitative estimate of drug-likeness (QED) is 0.303. The van der Waals surface area contributed by atoms with Crippen LogP contribution in [0.5, 0.6) is 0 Å². The van der Waals surface area contributed by atoms with Crippen molar-refractivity contribution in [1.29, 1.82) is 0 Å². The van der Waals surface area contributed by atoms with Crippen molar-refractivity contribution in [1.82, 2.24) is 0 Å². The van der Waals surface area contributed by atoms with Crippen molar-refractivity contribution >= 4 is 0 Å². The molecule has 2 aliphatic rings. The molecule has 26 heavy (non-hydrogen) atoms. The molecule has 0 aromatic rings. The van der Waals surface area contributed by atoms with Gasteiger partial charge in [0, 0.05) is 0 Å². The molecule has 0 aromatic heterocycles. The van der Waals surface area contributed by atoms with Crippen molar-refractivity contribution in [2.45, 2.75) is 143 Å². The predicted octanol–water partition coefficient (Wildman–Crippen LogP) is 9.32. The summed E-state index contributed by atoms with van der Waals surface area (Å²) in [4.78, 5) is 0. The highest BCUT2D eigenvalue weighted by Crippen LogP contribution is 2.49. The number of hydrogen-bond donors (Lipinski definition) is 0. The maximum atomic E-state index is 2.48. The Kier molecular flexibility index (Phi) is 10.7. The van der Waals surface area contributed by atoms with E-state index < -0.39 is 0 Å². The maximum absolute atomic E-state index is 2.48. The molecule has 154 valence electrons. The molecule has 0 nitrogen and oxygen atoms in total. The van der Waals surface area contributed by atoms with Gasteiger partial charge in [-0.1, -0.05) is 97.8 Å². The van der Waals surface area contributed by atoms with Crippen LogP contribution in [-0.4, -0.2) is 0 Å². The van der Waals surface area contributed by atoms with Crippen LogP contribution in [0.15, 0.2) is 0 Å². The third-order valence-electron chi connectivity index (χ3n) is 8.43. The average Bonchev–Trinajstić information content (AvgIpc) is 2.69. The van der Waals surface area contributed by atoms with E-state index >= 15 is 0 Å². The molecule has 0 aromatic carbocycles. The first kappa shape index (κ1) is 22.3. The minimum Gasteiger partial charge on any atom is -0.0654 e. The molecule has 0 unspecified atom stereocenters. The van der Waals surface area contributed by atoms with E-state index in [1.54, 1.807) is 51.4 Å². The largest absolute Gasteiger partial charge is 0.0654 e. The van der Waals surface area contributed by atoms with Crippen molar-refractivity contribution in [3.8, 4) is 0 Å². The molecule has 0 heteroatoms. The Balaban J connectivity index is 1.65. The van der Waals surface area contributed by atoms with E-state index in [0.29, 0.717) is 0 Å². The van der Waals surface area contributed by atoms with Gasteiger partial charge in [0.15, 0.2) is 0 Å². The highest BCUT2D eigenvalue weighted by molar-refractivity contribution is 4.88. The van der Waals surface area contributed by atoms with Crippen LogP contribution in [0, 0.1) is 23.2 Å². The molecule has 0 bridgehead atoms. The molecule has 0 spiro atoms. The maximum Gasteiger partial charge on any atom is -0.0300 e. The molecule has 0 radical (unpaired) electrons. The van der Waals surface area contributed by atoms with E-state index in [1.165, 1.54) is 70.6 Å². The minimum absolute atomic E-state index is 0.736. The summed E-state index contributed by atoms with van der Waals surface area (Å²) >= 11 is 0. The Hall–Kier alpha value is 0. The second-order valence-electron chi connectivity index (χ2n) is 10.1. The zero-order valence-corrected chi connectivity index (χ0v) is 18.7. The van der Waals surface area contributed by atoms with Gasteiger partial charge >= 0.3 is 0 Å². The lowest BCUT2D eigenvalue weighted by Crippen LogP contribution is -2.31. The molecule has 0 amide bonds. The first-order valence-electron chi connectivity index (χ1n) is 12.7. The van der Waals surface area contributed by atoms with Gasteiger partial charge in [-0.3, -0.25) is 0 Å². The second kappa shape index (κ2) is 12.5. The molecular formula is C26H50. The van der Waals surface area contributed by atoms with Crippen LogP contribution in [0.2, 0.25) is 0 Å². The normalized spacial score (nSPS) is 32.7. The molecule has 0 N–H and O–H groups in total. The van der Waals surface area contributed by atoms with Crippen LogP contribution in [0.25, 0.3) is 0 Å². The highest BCUT2D eigenvalue weighted by Gasteiger charge is 2.36. The average molecular weight is 363 g/mol. The van der Waals surface area contributed by atoms with E-state index in [9.17, 15) is 0 Å². The first-order chi connectivity index (χ1) is 12.7. The number of hydrogen-bond acceptors (Lipinski definition) is 0. The minimum atomic E-state index is 0.736. The molecule has 2 rings (SSSR count). The lowest BCUT2D eigenvalue weighted by Gasteiger charge is -2.44. The van der Waals surface area contributed by atoms with Gasteiger partial charge in [0.2, 0.25) is 0 Å². The van der Waals surface area contributed by atoms with Gasteiger partial charge in [0.25, 0.3) is 0 Å². The van der Waals surface area contributed by atoms with Crippen molar-refractivity contribution in [3.05, 3.63) is 0 Å². The van der Waals surface area contributed by atoms with E-state index in [1.807, 2.05) is 0 Å². The van der Waals surface area contributed by atoms with E-state index in [-0.39, 0.29) is 0 Å². The second-order valence-corrected chi connectivity index (χ2v) is 10.1. The topological polar surface area (TPSA) is 0 Å². The predicted molar refractivity (Wildman–Crippen MR) is 118 cm³/mol. The van der Waals surface area contributed by atoms with Crippen molar-refractivity contribution in [3.63, 3.8) is 0 Å². The molecule has 0 atom stereocenters. The zero-order chi connectivity index (χ0) is 18.7. The van der Waals surface area contributed by atoms with Crippen molar-refractivity contribution in [2.75, 3.05) is 0 Å². The summed E-state index contributed by atoms with van der Waals surface area (Å²) in [6, 6.07) is 0. The molecule has 2 aliphatic carbocycles. The summed E-state index contributed by atoms with van der Waals surface area (Å²) in [7, 11) is 0. The standard InChI is InChI=1S/C26H50/c1-4-7-9-10-12-20-26(6-3)21-18-25(19-22-26)24-16-14-23(15-17-24)13-11-8-5-2/h23-25H,4-22H2,1-3H3. The van der Waals surface area contributed by atoms with Crippen LogP contribution >= 0.6 is 0 Å². The van der Waals surface area contributed by atoms with Crippen LogP contribution in [-0.2, 0) is 0 Å². The van der Waals surface area contributed by atoms with Gasteiger partial charge in [-0.25, -0.2) is 0 Å². The molecule has 2 fully saturated rings. The number of unbranched alkanes of at least 4 members (excludes halogenated alkanes) is 6. The Bertz CT molecular complexity index is 328. The smallest absolute Gasteiger partial charge is 0.0300 e. The molecule has 0 saturated heterocycles. The fourth-order valence-electron chi connectivity index (χ4n) is 6.24. The summed E-state index contributed by atoms with van der Waals surface area (Å²) in [5, 5.41) is 0. The highest BCUT2D eigenvalue weighted by atomic mass is 14.4. The summed E-state index contributed by atoms with van der Waals surface area (Å²) in [6.45, 7) is 7.14. The Morgan fingerprint density at radius 3 is 1.81 bits per heavy atom. The van der Waals surface area contributed by atoms with Gasteiger partial charge < -0.3 is 0 Å². The molecule has 0 aliphatic heterocycles. The fourth-order valence-corrected chi connectivity index (χ4v) is 6.24. The van der Waals surface area contributed by atoms with Crippen LogP contribution < -0.4 is 0 Å². The Labute approximate surface area is 166 Å². The van der Waals surface area contributed by atoms with Crippen molar-refractivity contribution < 1.29 is 0 Å². The van der Waals surface area contributed by atoms with E-state index in [4.69, 9.17) is 0 Å². The zero-order valence-electron chi connectivity index (χ0n) is 18.7. The molecular weight excluding hydrogens is 312 g/mol. The van der Waals surface area contributed by atoms with Gasteiger partial charge in [-0.15, -0.1) is 0 Å². The first-order valence-corrected chi connectivity index (χ1v) is 12.7. The summed E-state index contributed by atoms with van der Waals surface area (Å²) in [6.07, 6.45) is 28.6. The molecule has 2 saturated carbocycles. The van der Waals surface area contributed by atoms with E-state index in [2.05, 4.69) is 20.8 Å². The summed E-state index contributed by atoms with van der Waals surface area (Å²) < 4.78 is 0. The SMILES string of the molecule is CCCCCCCC1(CC)CCC(C2CCC(CCCCC)CC2)CC1. The van der Waals surface area contributed by atoms with Crippen LogP contribution in [0.4, 0.5) is 0 Å². The lowest BCUT2D eigenvalue weighted by molar-refractivity contribution is 0.0797. The van der Waals surface area contributed by atoms with Crippen molar-refractivity contribution in [2.24, 2.45) is 23.2 Å². The van der Waals surface area contributed by atoms with Crippen LogP contribution in [0.3, 0.4) is 0 Å². The summed E-state index contributed by atoms with van der Waals surface area (Å²) in [5.41, 5.74) is 0.736. The number of rotatable bonds is 12. The summed E-state index contributed by atoms with van der Waals surface area (Å²) in [5.74, 6) is 3.27. The monoisotopic (exact) mass is 362 g/mol. The third kappa shape index (κ3) is 7.20. The van der Waals surface area contributed by atoms with Crippen LogP contribution in [0.1, 0.15) is 143 Å². The van der Waals surface area contributed by atoms with Gasteiger partial charge in [0.1, 0.15) is 0 Å². The third-order valence-corrected chi connectivity index (χ3v) is 8.43.